The SMILES string of the molecule is Nc1nc2cccc(C(=O)NCCc3ccccc3)c2[nH]1. The fourth-order valence-corrected chi connectivity index (χ4v) is 2.30. The number of hydrogen-bond donors (Lipinski definition) is 3. The average molecular weight is 280 g/mol. The summed E-state index contributed by atoms with van der Waals surface area (Å²) in [5.41, 5.74) is 8.76. The van der Waals surface area contributed by atoms with Gasteiger partial charge in [0.2, 0.25) is 0 Å². The number of rotatable bonds is 4. The minimum Gasteiger partial charge on any atom is -0.369 e. The first-order valence-electron chi connectivity index (χ1n) is 6.80. The van der Waals surface area contributed by atoms with Crippen molar-refractivity contribution in [2.24, 2.45) is 0 Å². The number of amides is 1. The molecular formula is C16H16N4O. The van der Waals surface area contributed by atoms with E-state index in [1.54, 1.807) is 12.1 Å². The van der Waals surface area contributed by atoms with E-state index in [-0.39, 0.29) is 5.91 Å². The molecule has 0 bridgehead atoms. The van der Waals surface area contributed by atoms with E-state index in [4.69, 9.17) is 5.73 Å². The van der Waals surface area contributed by atoms with Crippen LogP contribution in [0.2, 0.25) is 0 Å². The zero-order chi connectivity index (χ0) is 14.7. The van der Waals surface area contributed by atoms with Gasteiger partial charge in [0.05, 0.1) is 16.6 Å². The predicted molar refractivity (Wildman–Crippen MR) is 83.0 cm³/mol. The lowest BCUT2D eigenvalue weighted by Crippen LogP contribution is -2.25. The molecule has 3 rings (SSSR count). The van der Waals surface area contributed by atoms with Crippen LogP contribution in [-0.4, -0.2) is 22.4 Å². The van der Waals surface area contributed by atoms with Gasteiger partial charge in [0, 0.05) is 6.54 Å². The number of carbonyl (C=O) groups is 1. The molecule has 21 heavy (non-hydrogen) atoms. The molecule has 0 fully saturated rings. The van der Waals surface area contributed by atoms with E-state index in [2.05, 4.69) is 15.3 Å². The number of carbonyl (C=O) groups excluding carboxylic acids is 1. The van der Waals surface area contributed by atoms with Gasteiger partial charge in [0.15, 0.2) is 5.95 Å². The first kappa shape index (κ1) is 13.2. The van der Waals surface area contributed by atoms with Gasteiger partial charge in [-0.2, -0.15) is 0 Å². The Morgan fingerprint density at radius 2 is 1.95 bits per heavy atom. The molecule has 0 aliphatic heterocycles. The van der Waals surface area contributed by atoms with Crippen LogP contribution in [0.1, 0.15) is 15.9 Å². The van der Waals surface area contributed by atoms with E-state index < -0.39 is 0 Å². The summed E-state index contributed by atoms with van der Waals surface area (Å²) < 4.78 is 0. The molecule has 0 aliphatic carbocycles. The van der Waals surface area contributed by atoms with Crippen LogP contribution in [0, 0.1) is 0 Å². The number of aromatic nitrogens is 2. The molecule has 0 spiro atoms. The highest BCUT2D eigenvalue weighted by atomic mass is 16.1. The molecule has 0 saturated heterocycles. The maximum atomic E-state index is 12.3. The molecule has 0 saturated carbocycles. The van der Waals surface area contributed by atoms with Gasteiger partial charge in [-0.25, -0.2) is 4.98 Å². The molecule has 1 amide bonds. The quantitative estimate of drug-likeness (QED) is 0.684. The maximum Gasteiger partial charge on any atom is 0.253 e. The minimum atomic E-state index is -0.125. The van der Waals surface area contributed by atoms with Crippen molar-refractivity contribution in [3.63, 3.8) is 0 Å². The second-order valence-electron chi connectivity index (χ2n) is 4.81. The zero-order valence-electron chi connectivity index (χ0n) is 11.5. The summed E-state index contributed by atoms with van der Waals surface area (Å²) in [6.45, 7) is 0.586. The molecule has 0 unspecified atom stereocenters. The first-order valence-corrected chi connectivity index (χ1v) is 6.80. The van der Waals surface area contributed by atoms with Crippen molar-refractivity contribution in [1.82, 2.24) is 15.3 Å². The summed E-state index contributed by atoms with van der Waals surface area (Å²) in [4.78, 5) is 19.3. The van der Waals surface area contributed by atoms with E-state index in [1.807, 2.05) is 36.4 Å². The van der Waals surface area contributed by atoms with Gasteiger partial charge >= 0.3 is 0 Å². The standard InChI is InChI=1S/C16H16N4O/c17-16-19-13-8-4-7-12(14(13)20-16)15(21)18-10-9-11-5-2-1-3-6-11/h1-8H,9-10H2,(H,18,21)(H3,17,19,20). The Hall–Kier alpha value is -2.82. The van der Waals surface area contributed by atoms with Gasteiger partial charge in [-0.05, 0) is 24.1 Å². The van der Waals surface area contributed by atoms with Crippen LogP contribution in [0.25, 0.3) is 11.0 Å². The molecule has 1 heterocycles. The van der Waals surface area contributed by atoms with Crippen LogP contribution < -0.4 is 11.1 Å². The highest BCUT2D eigenvalue weighted by Crippen LogP contribution is 2.17. The lowest BCUT2D eigenvalue weighted by Gasteiger charge is -2.06. The van der Waals surface area contributed by atoms with Crippen LogP contribution in [-0.2, 0) is 6.42 Å². The number of benzene rings is 2. The molecule has 5 nitrogen and oxygen atoms in total. The Balaban J connectivity index is 1.70. The third-order valence-corrected chi connectivity index (χ3v) is 3.32. The fraction of sp³-hybridized carbons (Fsp3) is 0.125. The second kappa shape index (κ2) is 5.66. The Morgan fingerprint density at radius 3 is 2.76 bits per heavy atom. The lowest BCUT2D eigenvalue weighted by atomic mass is 10.1. The van der Waals surface area contributed by atoms with Crippen molar-refractivity contribution >= 4 is 22.9 Å². The van der Waals surface area contributed by atoms with E-state index in [9.17, 15) is 4.79 Å². The van der Waals surface area contributed by atoms with Crippen molar-refractivity contribution in [3.8, 4) is 0 Å². The number of anilines is 1. The van der Waals surface area contributed by atoms with Crippen LogP contribution in [0.4, 0.5) is 5.95 Å². The largest absolute Gasteiger partial charge is 0.369 e. The van der Waals surface area contributed by atoms with E-state index in [0.29, 0.717) is 29.1 Å². The summed E-state index contributed by atoms with van der Waals surface area (Å²) in [7, 11) is 0. The number of nitrogens with zero attached hydrogens (tertiary/aromatic N) is 1. The number of hydrogen-bond acceptors (Lipinski definition) is 3. The number of nitrogens with one attached hydrogen (secondary N) is 2. The second-order valence-corrected chi connectivity index (χ2v) is 4.81. The van der Waals surface area contributed by atoms with Crippen LogP contribution >= 0.6 is 0 Å². The lowest BCUT2D eigenvalue weighted by molar-refractivity contribution is 0.0955. The summed E-state index contributed by atoms with van der Waals surface area (Å²) in [6.07, 6.45) is 0.799. The van der Waals surface area contributed by atoms with Gasteiger partial charge in [-0.1, -0.05) is 36.4 Å². The Bertz CT molecular complexity index is 764. The molecule has 5 heteroatoms. The highest BCUT2D eigenvalue weighted by Gasteiger charge is 2.12. The maximum absolute atomic E-state index is 12.3. The van der Waals surface area contributed by atoms with Gasteiger partial charge in [-0.15, -0.1) is 0 Å². The summed E-state index contributed by atoms with van der Waals surface area (Å²) in [6, 6.07) is 15.4. The summed E-state index contributed by atoms with van der Waals surface area (Å²) >= 11 is 0. The number of para-hydroxylation sites is 1. The van der Waals surface area contributed by atoms with Crippen molar-refractivity contribution in [3.05, 3.63) is 59.7 Å². The first-order chi connectivity index (χ1) is 10.2. The minimum absolute atomic E-state index is 0.125. The average Bonchev–Trinajstić information content (AvgIpc) is 2.88. The number of H-pyrrole nitrogens is 1. The summed E-state index contributed by atoms with van der Waals surface area (Å²) in [5, 5.41) is 2.92. The topological polar surface area (TPSA) is 83.8 Å². The third kappa shape index (κ3) is 2.86. The van der Waals surface area contributed by atoms with Crippen LogP contribution in [0.15, 0.2) is 48.5 Å². The monoisotopic (exact) mass is 280 g/mol. The normalized spacial score (nSPS) is 10.7. The van der Waals surface area contributed by atoms with Gasteiger partial charge in [0.1, 0.15) is 0 Å². The number of nitrogen functional groups attached to an aromatic ring is 1. The Labute approximate surface area is 122 Å². The molecule has 2 aromatic carbocycles. The predicted octanol–water partition coefficient (Wildman–Crippen LogP) is 2.12. The molecule has 4 N–H and O–H groups in total. The number of fused-ring (bicyclic) bond motifs is 1. The van der Waals surface area contributed by atoms with Crippen molar-refractivity contribution < 1.29 is 4.79 Å². The number of imidazole rings is 1. The van der Waals surface area contributed by atoms with E-state index in [1.165, 1.54) is 5.56 Å². The van der Waals surface area contributed by atoms with E-state index >= 15 is 0 Å². The van der Waals surface area contributed by atoms with Crippen LogP contribution in [0.3, 0.4) is 0 Å². The van der Waals surface area contributed by atoms with Crippen molar-refractivity contribution in [2.45, 2.75) is 6.42 Å². The molecule has 3 aromatic rings. The smallest absolute Gasteiger partial charge is 0.253 e. The molecule has 106 valence electrons. The Morgan fingerprint density at radius 1 is 1.14 bits per heavy atom. The van der Waals surface area contributed by atoms with Crippen LogP contribution in [0.5, 0.6) is 0 Å². The van der Waals surface area contributed by atoms with Gasteiger partial charge < -0.3 is 16.0 Å². The van der Waals surface area contributed by atoms with E-state index in [0.717, 1.165) is 6.42 Å². The van der Waals surface area contributed by atoms with Gasteiger partial charge in [0.25, 0.3) is 5.91 Å². The fourth-order valence-electron chi connectivity index (χ4n) is 2.30. The molecule has 0 aliphatic rings. The Kier molecular flexibility index (Phi) is 3.55. The highest BCUT2D eigenvalue weighted by molar-refractivity contribution is 6.05. The molecular weight excluding hydrogens is 264 g/mol. The third-order valence-electron chi connectivity index (χ3n) is 3.32. The number of nitrogens with two attached hydrogens (primary N) is 1. The summed E-state index contributed by atoms with van der Waals surface area (Å²) in [5.74, 6) is 0.190. The van der Waals surface area contributed by atoms with Crippen molar-refractivity contribution in [1.29, 1.82) is 0 Å². The van der Waals surface area contributed by atoms with Crippen molar-refractivity contribution in [2.75, 3.05) is 12.3 Å². The molecule has 0 radical (unpaired) electrons. The molecule has 0 atom stereocenters. The molecule has 1 aromatic heterocycles. The van der Waals surface area contributed by atoms with Gasteiger partial charge in [-0.3, -0.25) is 4.79 Å². The zero-order valence-corrected chi connectivity index (χ0v) is 11.5. The number of aromatic amines is 1.